The van der Waals surface area contributed by atoms with Crippen molar-refractivity contribution in [1.82, 2.24) is 25.6 Å². The number of H-pyrrole nitrogens is 1. The number of benzene rings is 1. The first-order valence-electron chi connectivity index (χ1n) is 6.23. The average molecular weight is 324 g/mol. The molecule has 0 saturated heterocycles. The van der Waals surface area contributed by atoms with E-state index in [1.54, 1.807) is 0 Å². The summed E-state index contributed by atoms with van der Waals surface area (Å²) in [7, 11) is 0. The van der Waals surface area contributed by atoms with Gasteiger partial charge in [-0.1, -0.05) is 0 Å². The van der Waals surface area contributed by atoms with Crippen molar-refractivity contribution in [2.24, 2.45) is 0 Å². The Morgan fingerprint density at radius 1 is 1.13 bits per heavy atom. The smallest absolute Gasteiger partial charge is 0.399 e. The molecule has 0 aliphatic heterocycles. The molecule has 0 radical (unpaired) electrons. The first kappa shape index (κ1) is 14.9. The van der Waals surface area contributed by atoms with Gasteiger partial charge in [0.05, 0.1) is 0 Å². The van der Waals surface area contributed by atoms with Crippen LogP contribution < -0.4 is 5.73 Å². The highest BCUT2D eigenvalue weighted by atomic mass is 19.4. The summed E-state index contributed by atoms with van der Waals surface area (Å²) in [6, 6.07) is 4.39. The molecule has 2 heterocycles. The summed E-state index contributed by atoms with van der Waals surface area (Å²) in [4.78, 5) is 3.26. The van der Waals surface area contributed by atoms with Crippen LogP contribution in [0, 0.1) is 5.82 Å². The summed E-state index contributed by atoms with van der Waals surface area (Å²) >= 11 is 0. The predicted octanol–water partition coefficient (Wildman–Crippen LogP) is 2.67. The van der Waals surface area contributed by atoms with E-state index < -0.39 is 17.7 Å². The largest absolute Gasteiger partial charge is 0.433 e. The maximum atomic E-state index is 14.4. The van der Waals surface area contributed by atoms with E-state index in [1.807, 2.05) is 0 Å². The summed E-state index contributed by atoms with van der Waals surface area (Å²) < 4.78 is 52.8. The fourth-order valence-corrected chi connectivity index (χ4v) is 2.12. The molecule has 0 amide bonds. The fraction of sp³-hybridized carbons (Fsp3) is 0.0769. The van der Waals surface area contributed by atoms with E-state index >= 15 is 0 Å². The van der Waals surface area contributed by atoms with E-state index in [4.69, 9.17) is 5.73 Å². The van der Waals surface area contributed by atoms with Crippen molar-refractivity contribution in [3.63, 3.8) is 0 Å². The lowest BCUT2D eigenvalue weighted by Gasteiger charge is -2.12. The molecule has 1 aromatic carbocycles. The van der Waals surface area contributed by atoms with Crippen LogP contribution in [-0.2, 0) is 6.18 Å². The topological polar surface area (TPSA) is 93.4 Å². The second-order valence-electron chi connectivity index (χ2n) is 4.60. The Bertz CT molecular complexity index is 844. The molecule has 0 atom stereocenters. The van der Waals surface area contributed by atoms with Gasteiger partial charge in [0, 0.05) is 23.0 Å². The zero-order valence-corrected chi connectivity index (χ0v) is 11.3. The van der Waals surface area contributed by atoms with Gasteiger partial charge in [-0.25, -0.2) is 9.49 Å². The van der Waals surface area contributed by atoms with Crippen molar-refractivity contribution in [3.8, 4) is 22.5 Å². The number of rotatable bonds is 2. The van der Waals surface area contributed by atoms with Gasteiger partial charge >= 0.3 is 6.18 Å². The van der Waals surface area contributed by atoms with Crippen molar-refractivity contribution in [2.75, 3.05) is 5.73 Å². The molecule has 0 bridgehead atoms. The lowest BCUT2D eigenvalue weighted by atomic mass is 9.98. The Kier molecular flexibility index (Phi) is 3.43. The molecular weight excluding hydrogens is 316 g/mol. The third kappa shape index (κ3) is 2.82. The number of nitrogens with zero attached hydrogens (tertiary/aromatic N) is 4. The van der Waals surface area contributed by atoms with Crippen molar-refractivity contribution in [1.29, 1.82) is 0 Å². The molecule has 0 saturated carbocycles. The van der Waals surface area contributed by atoms with Gasteiger partial charge in [-0.05, 0) is 40.3 Å². The standard InChI is InChI=1S/C13H8F4N6/c14-9-5-7(18)4-8(12-20-22-23-21-12)11(9)6-1-2-19-10(3-6)13(15,16)17/h1-5H,18H2,(H,20,21,22,23). The SMILES string of the molecule is Nc1cc(F)c(-c2ccnc(C(F)(F)F)c2)c(-c2nnn[nH]2)c1. The number of nitrogen functional groups attached to an aromatic ring is 1. The molecule has 3 N–H and O–H groups in total. The number of hydrogen-bond donors (Lipinski definition) is 2. The van der Waals surface area contributed by atoms with Crippen molar-refractivity contribution in [2.45, 2.75) is 6.18 Å². The van der Waals surface area contributed by atoms with Crippen LogP contribution in [0.25, 0.3) is 22.5 Å². The third-order valence-corrected chi connectivity index (χ3v) is 3.05. The third-order valence-electron chi connectivity index (χ3n) is 3.05. The predicted molar refractivity (Wildman–Crippen MR) is 72.2 cm³/mol. The number of anilines is 1. The number of nitrogens with two attached hydrogens (primary N) is 1. The monoisotopic (exact) mass is 324 g/mol. The number of hydrogen-bond acceptors (Lipinski definition) is 5. The average Bonchev–Trinajstić information content (AvgIpc) is 2.99. The molecule has 10 heteroatoms. The summed E-state index contributed by atoms with van der Waals surface area (Å²) in [6.07, 6.45) is -3.69. The van der Waals surface area contributed by atoms with Gasteiger partial charge in [-0.3, -0.25) is 4.98 Å². The lowest BCUT2D eigenvalue weighted by molar-refractivity contribution is -0.141. The van der Waals surface area contributed by atoms with Gasteiger partial charge in [0.25, 0.3) is 0 Å². The van der Waals surface area contributed by atoms with E-state index in [1.165, 1.54) is 12.1 Å². The minimum absolute atomic E-state index is 0.0174. The summed E-state index contributed by atoms with van der Waals surface area (Å²) in [5.74, 6) is -0.715. The van der Waals surface area contributed by atoms with E-state index in [-0.39, 0.29) is 28.2 Å². The van der Waals surface area contributed by atoms with Crippen molar-refractivity contribution < 1.29 is 17.6 Å². The van der Waals surface area contributed by atoms with Crippen LogP contribution >= 0.6 is 0 Å². The molecular formula is C13H8F4N6. The molecule has 3 rings (SSSR count). The number of alkyl halides is 3. The Balaban J connectivity index is 2.25. The number of tetrazole rings is 1. The maximum Gasteiger partial charge on any atom is 0.433 e. The van der Waals surface area contributed by atoms with Crippen molar-refractivity contribution >= 4 is 5.69 Å². The van der Waals surface area contributed by atoms with Gasteiger partial charge < -0.3 is 5.73 Å². The molecule has 0 fully saturated rings. The second kappa shape index (κ2) is 5.30. The van der Waals surface area contributed by atoms with Gasteiger partial charge in [0.15, 0.2) is 5.82 Å². The van der Waals surface area contributed by atoms with E-state index in [9.17, 15) is 17.6 Å². The molecule has 6 nitrogen and oxygen atoms in total. The quantitative estimate of drug-likeness (QED) is 0.558. The molecule has 0 aliphatic carbocycles. The first-order chi connectivity index (χ1) is 10.9. The minimum atomic E-state index is -4.64. The summed E-state index contributed by atoms with van der Waals surface area (Å²) in [5, 5.41) is 12.8. The highest BCUT2D eigenvalue weighted by Crippen LogP contribution is 2.36. The molecule has 118 valence electrons. The summed E-state index contributed by atoms with van der Waals surface area (Å²) in [6.45, 7) is 0. The fourth-order valence-electron chi connectivity index (χ4n) is 2.12. The molecule has 0 unspecified atom stereocenters. The number of nitrogens with one attached hydrogen (secondary N) is 1. The van der Waals surface area contributed by atoms with Crippen LogP contribution in [-0.4, -0.2) is 25.6 Å². The van der Waals surface area contributed by atoms with Gasteiger partial charge in [0.2, 0.25) is 0 Å². The van der Waals surface area contributed by atoms with Gasteiger partial charge in [0.1, 0.15) is 11.5 Å². The highest BCUT2D eigenvalue weighted by molar-refractivity contribution is 5.83. The Morgan fingerprint density at radius 3 is 2.57 bits per heavy atom. The Labute approximate surface area is 126 Å². The van der Waals surface area contributed by atoms with Gasteiger partial charge in [-0.15, -0.1) is 5.10 Å². The van der Waals surface area contributed by atoms with E-state index in [2.05, 4.69) is 25.6 Å². The first-order valence-corrected chi connectivity index (χ1v) is 6.23. The molecule has 23 heavy (non-hydrogen) atoms. The number of aromatic nitrogens is 5. The van der Waals surface area contributed by atoms with Crippen LogP contribution in [0.3, 0.4) is 0 Å². The highest BCUT2D eigenvalue weighted by Gasteiger charge is 2.33. The Morgan fingerprint density at radius 2 is 1.91 bits per heavy atom. The van der Waals surface area contributed by atoms with Gasteiger partial charge in [-0.2, -0.15) is 13.2 Å². The minimum Gasteiger partial charge on any atom is -0.399 e. The molecule has 2 aromatic heterocycles. The number of halogens is 4. The van der Waals surface area contributed by atoms with Crippen LogP contribution in [0.4, 0.5) is 23.2 Å². The zero-order valence-electron chi connectivity index (χ0n) is 11.3. The normalized spacial score (nSPS) is 11.7. The molecule has 0 spiro atoms. The lowest BCUT2D eigenvalue weighted by Crippen LogP contribution is -2.08. The Hall–Kier alpha value is -3.04. The van der Waals surface area contributed by atoms with Crippen molar-refractivity contribution in [3.05, 3.63) is 42.0 Å². The van der Waals surface area contributed by atoms with E-state index in [0.717, 1.165) is 18.3 Å². The molecule has 3 aromatic rings. The second-order valence-corrected chi connectivity index (χ2v) is 4.60. The van der Waals surface area contributed by atoms with Crippen LogP contribution in [0.1, 0.15) is 5.69 Å². The van der Waals surface area contributed by atoms with Crippen LogP contribution in [0.5, 0.6) is 0 Å². The number of aromatic amines is 1. The summed E-state index contributed by atoms with van der Waals surface area (Å²) in [5.41, 5.74) is 4.57. The maximum absolute atomic E-state index is 14.4. The van der Waals surface area contributed by atoms with E-state index in [0.29, 0.717) is 0 Å². The molecule has 0 aliphatic rings. The van der Waals surface area contributed by atoms with Crippen LogP contribution in [0.2, 0.25) is 0 Å². The number of pyridine rings is 1. The zero-order chi connectivity index (χ0) is 16.6. The van der Waals surface area contributed by atoms with Crippen LogP contribution in [0.15, 0.2) is 30.5 Å².